The number of aldehydes is 1. The molecule has 250 valence electrons. The number of carbonyl (C=O) groups is 2. The SMILES string of the molecule is CC1O[C@@H](O[C@@H]2CC[C@]3(C=O)C4CC[C@]5(C)[C@@H](C6=CC(=O)OC6)CC[C@]5(O)C4CC[C@]3(O)C2)CC2OC3(CCCCC3C)O[C@H]12. The van der Waals surface area contributed by atoms with Crippen molar-refractivity contribution in [1.29, 1.82) is 0 Å². The number of fused-ring (bicyclic) bond motifs is 6. The molecule has 9 heteroatoms. The molecule has 9 nitrogen and oxygen atoms in total. The molecule has 45 heavy (non-hydrogen) atoms. The Labute approximate surface area is 266 Å². The Kier molecular flexibility index (Phi) is 7.27. The highest BCUT2D eigenvalue weighted by Crippen LogP contribution is 2.70. The number of ether oxygens (including phenoxy) is 5. The number of esters is 1. The van der Waals surface area contributed by atoms with Gasteiger partial charge in [0.15, 0.2) is 12.1 Å². The van der Waals surface area contributed by atoms with Crippen LogP contribution in [0.1, 0.15) is 111 Å². The Morgan fingerprint density at radius 2 is 1.78 bits per heavy atom. The molecular formula is C36H52O9. The lowest BCUT2D eigenvalue weighted by atomic mass is 9.41. The predicted octanol–water partition coefficient (Wildman–Crippen LogP) is 4.75. The lowest BCUT2D eigenvalue weighted by Gasteiger charge is -2.65. The van der Waals surface area contributed by atoms with Crippen molar-refractivity contribution in [1.82, 2.24) is 0 Å². The predicted molar refractivity (Wildman–Crippen MR) is 162 cm³/mol. The standard InChI is InChI=1S/C36H52O9/c1-21-6-4-5-11-36(21)44-28-17-30(42-22(2)31(28)45-36)43-24-7-13-33(20-37)26-8-12-32(3)25(23-16-29(38)41-19-23)10-15-35(32,40)27(26)9-14-34(33,39)18-24/h16,20-22,24-28,30-31,39-40H,4-15,17-19H2,1-3H3/t21?,22?,24-,25-,26?,27?,28?,30+,31-,32-,33+,34+,35+,36?/m1/s1. The molecule has 8 aliphatic rings. The number of hydrogen-bond acceptors (Lipinski definition) is 9. The molecule has 7 fully saturated rings. The average molecular weight is 629 g/mol. The highest BCUT2D eigenvalue weighted by molar-refractivity contribution is 5.85. The Morgan fingerprint density at radius 3 is 2.53 bits per heavy atom. The second-order valence-electron chi connectivity index (χ2n) is 16.4. The highest BCUT2D eigenvalue weighted by Gasteiger charge is 2.71. The van der Waals surface area contributed by atoms with Crippen LogP contribution in [0.3, 0.4) is 0 Å². The Bertz CT molecular complexity index is 1250. The summed E-state index contributed by atoms with van der Waals surface area (Å²) >= 11 is 0. The third-order valence-corrected chi connectivity index (χ3v) is 14.6. The van der Waals surface area contributed by atoms with Gasteiger partial charge in [-0.15, -0.1) is 0 Å². The summed E-state index contributed by atoms with van der Waals surface area (Å²) in [5.74, 6) is -0.524. The van der Waals surface area contributed by atoms with Crippen LogP contribution in [0.25, 0.3) is 0 Å². The highest BCUT2D eigenvalue weighted by atomic mass is 16.8. The summed E-state index contributed by atoms with van der Waals surface area (Å²) in [5, 5.41) is 24.9. The van der Waals surface area contributed by atoms with Crippen LogP contribution >= 0.6 is 0 Å². The molecule has 5 aliphatic carbocycles. The molecule has 3 aliphatic heterocycles. The van der Waals surface area contributed by atoms with Gasteiger partial charge in [0.1, 0.15) is 19.0 Å². The third kappa shape index (κ3) is 4.32. The van der Waals surface area contributed by atoms with Gasteiger partial charge in [-0.25, -0.2) is 4.79 Å². The van der Waals surface area contributed by atoms with Gasteiger partial charge >= 0.3 is 5.97 Å². The zero-order valence-electron chi connectivity index (χ0n) is 27.2. The lowest BCUT2D eigenvalue weighted by Crippen LogP contribution is -2.69. The molecule has 14 atom stereocenters. The molecule has 0 aromatic rings. The first-order chi connectivity index (χ1) is 21.5. The second kappa shape index (κ2) is 10.6. The van der Waals surface area contributed by atoms with Gasteiger partial charge in [-0.1, -0.05) is 20.3 Å². The smallest absolute Gasteiger partial charge is 0.331 e. The molecule has 2 saturated heterocycles. The van der Waals surface area contributed by atoms with Crippen LogP contribution < -0.4 is 0 Å². The van der Waals surface area contributed by atoms with Crippen molar-refractivity contribution < 1.29 is 43.5 Å². The van der Waals surface area contributed by atoms with E-state index in [4.69, 9.17) is 23.7 Å². The van der Waals surface area contributed by atoms with Gasteiger partial charge in [0.2, 0.25) is 0 Å². The fraction of sp³-hybridized carbons (Fsp3) is 0.889. The summed E-state index contributed by atoms with van der Waals surface area (Å²) in [6.07, 6.45) is 12.3. The molecule has 6 unspecified atom stereocenters. The van der Waals surface area contributed by atoms with E-state index >= 15 is 0 Å². The van der Waals surface area contributed by atoms with Crippen molar-refractivity contribution in [3.05, 3.63) is 11.6 Å². The van der Waals surface area contributed by atoms with Crippen LogP contribution in [0.5, 0.6) is 0 Å². The molecule has 0 amide bonds. The molecule has 2 N–H and O–H groups in total. The zero-order valence-corrected chi connectivity index (χ0v) is 27.2. The van der Waals surface area contributed by atoms with Crippen molar-refractivity contribution in [3.63, 3.8) is 0 Å². The minimum absolute atomic E-state index is 0.0729. The Hall–Kier alpha value is -1.36. The fourth-order valence-electron chi connectivity index (χ4n) is 12.2. The topological polar surface area (TPSA) is 121 Å². The van der Waals surface area contributed by atoms with E-state index in [2.05, 4.69) is 13.8 Å². The van der Waals surface area contributed by atoms with E-state index in [0.717, 1.165) is 50.4 Å². The zero-order chi connectivity index (χ0) is 31.4. The molecule has 0 aromatic heterocycles. The van der Waals surface area contributed by atoms with Gasteiger partial charge in [-0.05, 0) is 94.5 Å². The summed E-state index contributed by atoms with van der Waals surface area (Å²) in [6.45, 7) is 6.76. The molecular weight excluding hydrogens is 576 g/mol. The van der Waals surface area contributed by atoms with E-state index in [1.807, 2.05) is 6.92 Å². The van der Waals surface area contributed by atoms with Crippen molar-refractivity contribution in [2.24, 2.45) is 34.5 Å². The summed E-state index contributed by atoms with van der Waals surface area (Å²) < 4.78 is 31.5. The molecule has 3 heterocycles. The average Bonchev–Trinajstić information content (AvgIpc) is 3.68. The van der Waals surface area contributed by atoms with Gasteiger partial charge in [0.25, 0.3) is 0 Å². The summed E-state index contributed by atoms with van der Waals surface area (Å²) in [7, 11) is 0. The van der Waals surface area contributed by atoms with E-state index in [1.165, 1.54) is 6.42 Å². The summed E-state index contributed by atoms with van der Waals surface area (Å²) in [6, 6.07) is 0. The van der Waals surface area contributed by atoms with Gasteiger partial charge in [0.05, 0.1) is 34.9 Å². The van der Waals surface area contributed by atoms with Crippen LogP contribution in [0.15, 0.2) is 11.6 Å². The monoisotopic (exact) mass is 628 g/mol. The van der Waals surface area contributed by atoms with E-state index in [9.17, 15) is 19.8 Å². The van der Waals surface area contributed by atoms with Crippen molar-refractivity contribution in [2.45, 2.75) is 158 Å². The minimum atomic E-state index is -1.19. The number of cyclic esters (lactones) is 1. The normalized spacial score (nSPS) is 55.7. The molecule has 1 spiro atoms. The van der Waals surface area contributed by atoms with Crippen molar-refractivity contribution in [3.8, 4) is 0 Å². The van der Waals surface area contributed by atoms with Gasteiger partial charge < -0.3 is 38.7 Å². The number of hydrogen-bond donors (Lipinski definition) is 2. The van der Waals surface area contributed by atoms with Gasteiger partial charge in [-0.2, -0.15) is 0 Å². The first-order valence-corrected chi connectivity index (χ1v) is 17.9. The first-order valence-electron chi connectivity index (χ1n) is 17.9. The van der Waals surface area contributed by atoms with E-state index in [1.54, 1.807) is 6.08 Å². The maximum atomic E-state index is 13.2. The van der Waals surface area contributed by atoms with E-state index in [0.29, 0.717) is 57.5 Å². The van der Waals surface area contributed by atoms with E-state index < -0.39 is 28.7 Å². The van der Waals surface area contributed by atoms with Crippen LogP contribution in [0.4, 0.5) is 0 Å². The fourth-order valence-corrected chi connectivity index (χ4v) is 12.2. The molecule has 5 saturated carbocycles. The second-order valence-corrected chi connectivity index (χ2v) is 16.4. The number of rotatable bonds is 4. The van der Waals surface area contributed by atoms with E-state index in [-0.39, 0.29) is 53.6 Å². The minimum Gasteiger partial charge on any atom is -0.458 e. The van der Waals surface area contributed by atoms with Crippen LogP contribution in [-0.2, 0) is 33.3 Å². The number of carbonyl (C=O) groups excluding carboxylic acids is 2. The molecule has 8 rings (SSSR count). The lowest BCUT2D eigenvalue weighted by molar-refractivity contribution is -0.278. The third-order valence-electron chi connectivity index (χ3n) is 14.6. The van der Waals surface area contributed by atoms with Crippen molar-refractivity contribution in [2.75, 3.05) is 6.61 Å². The van der Waals surface area contributed by atoms with Crippen LogP contribution in [0.2, 0.25) is 0 Å². The summed E-state index contributed by atoms with van der Waals surface area (Å²) in [5.41, 5.74) is -2.44. The maximum absolute atomic E-state index is 13.2. The maximum Gasteiger partial charge on any atom is 0.331 e. The first kappa shape index (κ1) is 30.9. The van der Waals surface area contributed by atoms with Crippen molar-refractivity contribution >= 4 is 12.3 Å². The molecule has 0 radical (unpaired) electrons. The van der Waals surface area contributed by atoms with Crippen LogP contribution in [0, 0.1) is 34.5 Å². The van der Waals surface area contributed by atoms with Crippen LogP contribution in [-0.4, -0.2) is 76.8 Å². The summed E-state index contributed by atoms with van der Waals surface area (Å²) in [4.78, 5) is 25.1. The molecule has 0 bridgehead atoms. The van der Waals surface area contributed by atoms with Gasteiger partial charge in [0, 0.05) is 36.7 Å². The quantitative estimate of drug-likeness (QED) is 0.258. The largest absolute Gasteiger partial charge is 0.458 e. The van der Waals surface area contributed by atoms with Gasteiger partial charge in [-0.3, -0.25) is 0 Å². The number of aliphatic hydroxyl groups is 2. The Balaban J connectivity index is 0.969. The Morgan fingerprint density at radius 1 is 0.956 bits per heavy atom. The molecule has 0 aromatic carbocycles.